The van der Waals surface area contributed by atoms with Crippen molar-refractivity contribution in [2.24, 2.45) is 23.2 Å². The highest BCUT2D eigenvalue weighted by Crippen LogP contribution is 2.55. The zero-order valence-corrected chi connectivity index (χ0v) is 15.1. The molecule has 0 aliphatic heterocycles. The second-order valence-corrected chi connectivity index (χ2v) is 8.45. The summed E-state index contributed by atoms with van der Waals surface area (Å²) in [6.45, 7) is 4.41. The Bertz CT molecular complexity index is 331. The third kappa shape index (κ3) is 4.89. The number of alkyl halides is 3. The number of hydrogen-bond acceptors (Lipinski definition) is 0. The second kappa shape index (κ2) is 8.25. The van der Waals surface area contributed by atoms with E-state index in [9.17, 15) is 13.2 Å². The Balaban J connectivity index is 1.88. The summed E-state index contributed by atoms with van der Waals surface area (Å²) in [7, 11) is 0. The summed E-state index contributed by atoms with van der Waals surface area (Å²) in [5.41, 5.74) is -1.36. The molecule has 2 rings (SSSR count). The van der Waals surface area contributed by atoms with Gasteiger partial charge in [0.25, 0.3) is 0 Å². The van der Waals surface area contributed by atoms with Crippen LogP contribution < -0.4 is 0 Å². The molecule has 3 heteroatoms. The third-order valence-corrected chi connectivity index (χ3v) is 6.82. The fourth-order valence-corrected chi connectivity index (χ4v) is 4.99. The van der Waals surface area contributed by atoms with Gasteiger partial charge in [0.1, 0.15) is 0 Å². The highest BCUT2D eigenvalue weighted by molar-refractivity contribution is 4.93. The minimum atomic E-state index is -4.01. The molecule has 0 aromatic heterocycles. The first-order chi connectivity index (χ1) is 10.9. The Labute approximate surface area is 140 Å². The topological polar surface area (TPSA) is 0 Å². The molecule has 0 aromatic carbocycles. The zero-order valence-electron chi connectivity index (χ0n) is 15.1. The second-order valence-electron chi connectivity index (χ2n) is 8.45. The van der Waals surface area contributed by atoms with Crippen LogP contribution in [-0.4, -0.2) is 6.18 Å². The Hall–Kier alpha value is -0.210. The predicted molar refractivity (Wildman–Crippen MR) is 90.3 cm³/mol. The summed E-state index contributed by atoms with van der Waals surface area (Å²) in [5, 5.41) is 0. The average molecular weight is 332 g/mol. The Kier molecular flexibility index (Phi) is 6.86. The van der Waals surface area contributed by atoms with Gasteiger partial charge >= 0.3 is 6.18 Å². The van der Waals surface area contributed by atoms with Crippen molar-refractivity contribution in [2.75, 3.05) is 0 Å². The van der Waals surface area contributed by atoms with Crippen molar-refractivity contribution in [2.45, 2.75) is 103 Å². The normalized spacial score (nSPS) is 36.1. The highest BCUT2D eigenvalue weighted by atomic mass is 19.4. The van der Waals surface area contributed by atoms with Gasteiger partial charge in [0.2, 0.25) is 0 Å². The fourth-order valence-electron chi connectivity index (χ4n) is 4.99. The smallest absolute Gasteiger partial charge is 0.171 e. The minimum absolute atomic E-state index is 0.366. The highest BCUT2D eigenvalue weighted by Gasteiger charge is 2.55. The maximum Gasteiger partial charge on any atom is 0.394 e. The van der Waals surface area contributed by atoms with Gasteiger partial charge in [-0.15, -0.1) is 0 Å². The van der Waals surface area contributed by atoms with Gasteiger partial charge in [-0.2, -0.15) is 13.2 Å². The van der Waals surface area contributed by atoms with E-state index >= 15 is 0 Å². The molecule has 0 radical (unpaired) electrons. The Morgan fingerprint density at radius 2 is 1.39 bits per heavy atom. The molecule has 0 atom stereocenters. The lowest BCUT2D eigenvalue weighted by Crippen LogP contribution is -2.42. The number of hydrogen-bond donors (Lipinski definition) is 0. The molecule has 0 aromatic rings. The van der Waals surface area contributed by atoms with E-state index in [1.165, 1.54) is 25.7 Å². The number of rotatable bonds is 6. The van der Waals surface area contributed by atoms with Crippen molar-refractivity contribution in [3.05, 3.63) is 0 Å². The van der Waals surface area contributed by atoms with Crippen LogP contribution in [0.3, 0.4) is 0 Å². The lowest BCUT2D eigenvalue weighted by molar-refractivity contribution is -0.241. The molecular weight excluding hydrogens is 297 g/mol. The van der Waals surface area contributed by atoms with Crippen LogP contribution in [-0.2, 0) is 0 Å². The molecule has 136 valence electrons. The van der Waals surface area contributed by atoms with Crippen LogP contribution in [0.1, 0.15) is 97.3 Å². The summed E-state index contributed by atoms with van der Waals surface area (Å²) in [6.07, 6.45) is 7.68. The Morgan fingerprint density at radius 3 is 1.91 bits per heavy atom. The van der Waals surface area contributed by atoms with Crippen LogP contribution in [0.5, 0.6) is 0 Å². The van der Waals surface area contributed by atoms with E-state index in [0.717, 1.165) is 44.4 Å². The summed E-state index contributed by atoms with van der Waals surface area (Å²) < 4.78 is 41.2. The molecule has 23 heavy (non-hydrogen) atoms. The van der Waals surface area contributed by atoms with E-state index in [-0.39, 0.29) is 0 Å². The molecular formula is C20H35F3. The molecule has 2 fully saturated rings. The van der Waals surface area contributed by atoms with Gasteiger partial charge in [-0.1, -0.05) is 52.4 Å². The molecule has 0 unspecified atom stereocenters. The van der Waals surface area contributed by atoms with Crippen LogP contribution in [0.4, 0.5) is 13.2 Å². The van der Waals surface area contributed by atoms with Crippen molar-refractivity contribution in [3.8, 4) is 0 Å². The van der Waals surface area contributed by atoms with E-state index in [4.69, 9.17) is 0 Å². The number of unbranched alkanes of at least 4 members (excludes halogenated alkanes) is 3. The van der Waals surface area contributed by atoms with Gasteiger partial charge in [0, 0.05) is 0 Å². The molecule has 0 bridgehead atoms. The van der Waals surface area contributed by atoms with Crippen LogP contribution in [0.25, 0.3) is 0 Å². The van der Waals surface area contributed by atoms with E-state index in [1.807, 2.05) is 0 Å². The molecule has 2 aliphatic carbocycles. The molecule has 0 spiro atoms. The summed E-state index contributed by atoms with van der Waals surface area (Å²) in [4.78, 5) is 0. The van der Waals surface area contributed by atoms with Gasteiger partial charge in [-0.05, 0) is 62.7 Å². The molecule has 0 saturated heterocycles. The quantitative estimate of drug-likeness (QED) is 0.441. The molecule has 2 aliphatic rings. The van der Waals surface area contributed by atoms with Crippen LogP contribution in [0.2, 0.25) is 0 Å². The summed E-state index contributed by atoms with van der Waals surface area (Å²) in [5.74, 6) is 2.09. The first kappa shape index (κ1) is 19.1. The van der Waals surface area contributed by atoms with Crippen molar-refractivity contribution < 1.29 is 13.2 Å². The monoisotopic (exact) mass is 332 g/mol. The summed E-state index contributed by atoms with van der Waals surface area (Å²) >= 11 is 0. The van der Waals surface area contributed by atoms with Crippen molar-refractivity contribution >= 4 is 0 Å². The van der Waals surface area contributed by atoms with E-state index < -0.39 is 11.6 Å². The van der Waals surface area contributed by atoms with Gasteiger partial charge in [0.15, 0.2) is 0 Å². The Morgan fingerprint density at radius 1 is 0.826 bits per heavy atom. The molecule has 0 nitrogen and oxygen atoms in total. The number of halogens is 3. The standard InChI is InChI=1S/C20H35F3/c1-3-4-5-6-13-19(20(21,22)23)14-11-18(12-15-19)17-9-7-16(2)8-10-17/h16-18H,3-15H2,1-2H3. The first-order valence-corrected chi connectivity index (χ1v) is 9.94. The lowest BCUT2D eigenvalue weighted by atomic mass is 9.63. The average Bonchev–Trinajstić information content (AvgIpc) is 2.52. The summed E-state index contributed by atoms with van der Waals surface area (Å²) in [6, 6.07) is 0. The van der Waals surface area contributed by atoms with E-state index in [2.05, 4.69) is 13.8 Å². The largest absolute Gasteiger partial charge is 0.394 e. The van der Waals surface area contributed by atoms with E-state index in [1.54, 1.807) is 0 Å². The molecule has 0 N–H and O–H groups in total. The first-order valence-electron chi connectivity index (χ1n) is 9.94. The third-order valence-electron chi connectivity index (χ3n) is 6.82. The minimum Gasteiger partial charge on any atom is -0.171 e. The molecule has 2 saturated carbocycles. The van der Waals surface area contributed by atoms with E-state index in [0.29, 0.717) is 31.1 Å². The SMILES string of the molecule is CCCCCCC1(C(F)(F)F)CCC(C2CCC(C)CC2)CC1. The maximum atomic E-state index is 13.7. The fraction of sp³-hybridized carbons (Fsp3) is 1.00. The van der Waals surface area contributed by atoms with Crippen LogP contribution in [0.15, 0.2) is 0 Å². The van der Waals surface area contributed by atoms with Crippen LogP contribution >= 0.6 is 0 Å². The predicted octanol–water partition coefficient (Wildman–Crippen LogP) is 7.52. The van der Waals surface area contributed by atoms with Crippen LogP contribution in [0, 0.1) is 23.2 Å². The molecule has 0 amide bonds. The van der Waals surface area contributed by atoms with Gasteiger partial charge in [-0.25, -0.2) is 0 Å². The van der Waals surface area contributed by atoms with Gasteiger partial charge < -0.3 is 0 Å². The van der Waals surface area contributed by atoms with Crippen molar-refractivity contribution in [3.63, 3.8) is 0 Å². The maximum absolute atomic E-state index is 13.7. The van der Waals surface area contributed by atoms with Gasteiger partial charge in [0.05, 0.1) is 5.41 Å². The van der Waals surface area contributed by atoms with Crippen molar-refractivity contribution in [1.29, 1.82) is 0 Å². The van der Waals surface area contributed by atoms with Crippen molar-refractivity contribution in [1.82, 2.24) is 0 Å². The molecule has 0 heterocycles. The lowest BCUT2D eigenvalue weighted by Gasteiger charge is -2.44. The van der Waals surface area contributed by atoms with Gasteiger partial charge in [-0.3, -0.25) is 0 Å². The zero-order chi connectivity index (χ0) is 16.9.